The van der Waals surface area contributed by atoms with Gasteiger partial charge in [0.05, 0.1) is 19.2 Å². The lowest BCUT2D eigenvalue weighted by Gasteiger charge is -2.35. The largest absolute Gasteiger partial charge is 0.494 e. The maximum atomic E-state index is 12.6. The zero-order valence-corrected chi connectivity index (χ0v) is 13.9. The number of amides is 1. The Kier molecular flexibility index (Phi) is 6.96. The van der Waals surface area contributed by atoms with Gasteiger partial charge in [0, 0.05) is 13.6 Å². The van der Waals surface area contributed by atoms with E-state index in [0.717, 1.165) is 38.0 Å². The smallest absolute Gasteiger partial charge is 0.239 e. The fourth-order valence-corrected chi connectivity index (χ4v) is 2.95. The standard InChI is InChI=1S/C19H26N2O2/c1-3-13-21-15-8-7-12-18(21)19(22)20(2)14-9-16-23-17-10-5-4-6-11-17/h1,4-6,10-11,18H,7-9,12-16H2,2H3. The van der Waals surface area contributed by atoms with E-state index < -0.39 is 0 Å². The Labute approximate surface area is 139 Å². The number of terminal acetylenes is 1. The van der Waals surface area contributed by atoms with Crippen LogP contribution in [0.5, 0.6) is 5.75 Å². The number of ether oxygens (including phenoxy) is 1. The van der Waals surface area contributed by atoms with Crippen molar-refractivity contribution in [2.45, 2.75) is 31.7 Å². The molecule has 0 radical (unpaired) electrons. The molecule has 1 aliphatic rings. The molecule has 1 aliphatic heterocycles. The van der Waals surface area contributed by atoms with Crippen LogP contribution < -0.4 is 4.74 Å². The van der Waals surface area contributed by atoms with E-state index >= 15 is 0 Å². The highest BCUT2D eigenvalue weighted by atomic mass is 16.5. The summed E-state index contributed by atoms with van der Waals surface area (Å²) in [5.74, 6) is 3.72. The summed E-state index contributed by atoms with van der Waals surface area (Å²) in [5, 5.41) is 0. The second-order valence-electron chi connectivity index (χ2n) is 5.96. The first kappa shape index (κ1) is 17.4. The third-order valence-electron chi connectivity index (χ3n) is 4.22. The summed E-state index contributed by atoms with van der Waals surface area (Å²) in [7, 11) is 1.87. The third kappa shape index (κ3) is 5.30. The van der Waals surface area contributed by atoms with E-state index in [1.807, 2.05) is 42.3 Å². The quantitative estimate of drug-likeness (QED) is 0.572. The van der Waals surface area contributed by atoms with Gasteiger partial charge in [-0.2, -0.15) is 0 Å². The predicted octanol–water partition coefficient (Wildman–Crippen LogP) is 2.40. The Morgan fingerprint density at radius 2 is 2.17 bits per heavy atom. The van der Waals surface area contributed by atoms with Gasteiger partial charge in [-0.3, -0.25) is 9.69 Å². The first-order chi connectivity index (χ1) is 11.2. The monoisotopic (exact) mass is 314 g/mol. The first-order valence-corrected chi connectivity index (χ1v) is 8.32. The Bertz CT molecular complexity index is 524. The minimum Gasteiger partial charge on any atom is -0.494 e. The van der Waals surface area contributed by atoms with Crippen LogP contribution in [0, 0.1) is 12.3 Å². The molecule has 1 aromatic carbocycles. The van der Waals surface area contributed by atoms with Gasteiger partial charge in [-0.05, 0) is 37.9 Å². The summed E-state index contributed by atoms with van der Waals surface area (Å²) in [4.78, 5) is 16.6. The van der Waals surface area contributed by atoms with Gasteiger partial charge in [-0.25, -0.2) is 0 Å². The van der Waals surface area contributed by atoms with Gasteiger partial charge >= 0.3 is 0 Å². The average molecular weight is 314 g/mol. The number of para-hydroxylation sites is 1. The van der Waals surface area contributed by atoms with Crippen LogP contribution in [-0.4, -0.2) is 55.0 Å². The van der Waals surface area contributed by atoms with E-state index in [0.29, 0.717) is 19.7 Å². The average Bonchev–Trinajstić information content (AvgIpc) is 2.59. The Balaban J connectivity index is 1.74. The molecule has 0 aromatic heterocycles. The number of nitrogens with zero attached hydrogens (tertiary/aromatic N) is 2. The number of likely N-dealkylation sites (tertiary alicyclic amines) is 1. The summed E-state index contributed by atoms with van der Waals surface area (Å²) < 4.78 is 5.67. The SMILES string of the molecule is C#CCN1CCCCC1C(=O)N(C)CCCOc1ccccc1. The van der Waals surface area contributed by atoms with Crippen LogP contribution in [0.4, 0.5) is 0 Å². The lowest BCUT2D eigenvalue weighted by atomic mass is 10.0. The molecule has 4 heteroatoms. The van der Waals surface area contributed by atoms with E-state index in [4.69, 9.17) is 11.2 Å². The number of carbonyl (C=O) groups is 1. The van der Waals surface area contributed by atoms with Gasteiger partial charge in [0.25, 0.3) is 0 Å². The molecule has 0 bridgehead atoms. The van der Waals surface area contributed by atoms with E-state index in [-0.39, 0.29) is 11.9 Å². The summed E-state index contributed by atoms with van der Waals surface area (Å²) >= 11 is 0. The summed E-state index contributed by atoms with van der Waals surface area (Å²) in [5.41, 5.74) is 0. The molecule has 1 heterocycles. The van der Waals surface area contributed by atoms with Gasteiger partial charge in [-0.1, -0.05) is 30.5 Å². The molecule has 1 saturated heterocycles. The normalized spacial score (nSPS) is 18.2. The number of piperidine rings is 1. The number of hydrogen-bond acceptors (Lipinski definition) is 3. The van der Waals surface area contributed by atoms with Gasteiger partial charge in [0.15, 0.2) is 0 Å². The molecule has 4 nitrogen and oxygen atoms in total. The molecule has 1 unspecified atom stereocenters. The Morgan fingerprint density at radius 3 is 2.91 bits per heavy atom. The Morgan fingerprint density at radius 1 is 1.39 bits per heavy atom. The molecule has 1 fully saturated rings. The number of carbonyl (C=O) groups excluding carboxylic acids is 1. The fraction of sp³-hybridized carbons (Fsp3) is 0.526. The molecule has 124 valence electrons. The summed E-state index contributed by atoms with van der Waals surface area (Å²) in [6.07, 6.45) is 9.37. The van der Waals surface area contributed by atoms with E-state index in [1.54, 1.807) is 0 Å². The predicted molar refractivity (Wildman–Crippen MR) is 92.2 cm³/mol. The summed E-state index contributed by atoms with van der Waals surface area (Å²) in [6, 6.07) is 9.69. The van der Waals surface area contributed by atoms with Crippen molar-refractivity contribution in [3.63, 3.8) is 0 Å². The molecule has 1 aromatic rings. The van der Waals surface area contributed by atoms with Crippen LogP contribution in [0.25, 0.3) is 0 Å². The van der Waals surface area contributed by atoms with Crippen molar-refractivity contribution < 1.29 is 9.53 Å². The maximum Gasteiger partial charge on any atom is 0.239 e. The third-order valence-corrected chi connectivity index (χ3v) is 4.22. The molecule has 1 amide bonds. The Hall–Kier alpha value is -1.99. The highest BCUT2D eigenvalue weighted by molar-refractivity contribution is 5.81. The van der Waals surface area contributed by atoms with Crippen molar-refractivity contribution in [3.8, 4) is 18.1 Å². The second kappa shape index (κ2) is 9.22. The van der Waals surface area contributed by atoms with Crippen LogP contribution in [0.1, 0.15) is 25.7 Å². The van der Waals surface area contributed by atoms with Crippen molar-refractivity contribution in [1.29, 1.82) is 0 Å². The molecule has 0 N–H and O–H groups in total. The van der Waals surface area contributed by atoms with Crippen LogP contribution in [0.15, 0.2) is 30.3 Å². The zero-order valence-electron chi connectivity index (χ0n) is 13.9. The van der Waals surface area contributed by atoms with Crippen LogP contribution >= 0.6 is 0 Å². The highest BCUT2D eigenvalue weighted by Crippen LogP contribution is 2.18. The van der Waals surface area contributed by atoms with Crippen LogP contribution in [-0.2, 0) is 4.79 Å². The lowest BCUT2D eigenvalue weighted by Crippen LogP contribution is -2.50. The lowest BCUT2D eigenvalue weighted by molar-refractivity contribution is -0.136. The summed E-state index contributed by atoms with van der Waals surface area (Å²) in [6.45, 7) is 2.79. The van der Waals surface area contributed by atoms with E-state index in [9.17, 15) is 4.79 Å². The topological polar surface area (TPSA) is 32.8 Å². The minimum absolute atomic E-state index is 0.0557. The highest BCUT2D eigenvalue weighted by Gasteiger charge is 2.29. The second-order valence-corrected chi connectivity index (χ2v) is 5.96. The molecular formula is C19H26N2O2. The number of rotatable bonds is 7. The molecule has 2 rings (SSSR count). The zero-order chi connectivity index (χ0) is 16.5. The molecule has 0 saturated carbocycles. The first-order valence-electron chi connectivity index (χ1n) is 8.32. The molecular weight excluding hydrogens is 288 g/mol. The van der Waals surface area contributed by atoms with E-state index in [2.05, 4.69) is 10.8 Å². The van der Waals surface area contributed by atoms with Gasteiger partial charge < -0.3 is 9.64 Å². The van der Waals surface area contributed by atoms with E-state index in [1.165, 1.54) is 0 Å². The minimum atomic E-state index is -0.0557. The number of benzene rings is 1. The fourth-order valence-electron chi connectivity index (χ4n) is 2.95. The molecule has 23 heavy (non-hydrogen) atoms. The molecule has 0 spiro atoms. The van der Waals surface area contributed by atoms with Crippen molar-refractivity contribution in [2.24, 2.45) is 0 Å². The van der Waals surface area contributed by atoms with Gasteiger partial charge in [0.1, 0.15) is 5.75 Å². The number of likely N-dealkylation sites (N-methyl/N-ethyl adjacent to an activating group) is 1. The molecule has 0 aliphatic carbocycles. The van der Waals surface area contributed by atoms with Crippen LogP contribution in [0.2, 0.25) is 0 Å². The van der Waals surface area contributed by atoms with Gasteiger partial charge in [0.2, 0.25) is 5.91 Å². The molecule has 1 atom stereocenters. The maximum absolute atomic E-state index is 12.6. The van der Waals surface area contributed by atoms with Crippen molar-refractivity contribution in [2.75, 3.05) is 33.3 Å². The van der Waals surface area contributed by atoms with Crippen molar-refractivity contribution in [1.82, 2.24) is 9.80 Å². The van der Waals surface area contributed by atoms with Gasteiger partial charge in [-0.15, -0.1) is 6.42 Å². The van der Waals surface area contributed by atoms with Crippen LogP contribution in [0.3, 0.4) is 0 Å². The van der Waals surface area contributed by atoms with Crippen molar-refractivity contribution in [3.05, 3.63) is 30.3 Å². The van der Waals surface area contributed by atoms with Crippen molar-refractivity contribution >= 4 is 5.91 Å². The number of hydrogen-bond donors (Lipinski definition) is 0.